The zero-order valence-electron chi connectivity index (χ0n) is 18.7. The number of carbonyl (C=O) groups is 1. The maximum absolute atomic E-state index is 13.0. The van der Waals surface area contributed by atoms with Crippen molar-refractivity contribution in [2.75, 3.05) is 25.6 Å². The van der Waals surface area contributed by atoms with Gasteiger partial charge in [-0.1, -0.05) is 26.0 Å². The predicted molar refractivity (Wildman–Crippen MR) is 124 cm³/mol. The van der Waals surface area contributed by atoms with Crippen molar-refractivity contribution >= 4 is 22.7 Å². The van der Waals surface area contributed by atoms with E-state index in [2.05, 4.69) is 21.9 Å². The van der Waals surface area contributed by atoms with Gasteiger partial charge in [0, 0.05) is 36.8 Å². The highest BCUT2D eigenvalue weighted by molar-refractivity contribution is 8.14. The normalized spacial score (nSPS) is 17.2. The van der Waals surface area contributed by atoms with Crippen molar-refractivity contribution in [3.05, 3.63) is 40.8 Å². The lowest BCUT2D eigenvalue weighted by Crippen LogP contribution is -2.40. The molecule has 172 valence electrons. The number of aliphatic imine (C=N–C) groups is 1. The zero-order chi connectivity index (χ0) is 22.9. The SMILES string of the molecule is C=CCOc1cc(C(CCC)NC(=O)C2CSC(C(C)(OCC)OCC)=N2)[nH]c(=O)c1. The van der Waals surface area contributed by atoms with Gasteiger partial charge in [0.1, 0.15) is 23.4 Å². The molecular weight excluding hydrogens is 418 g/mol. The number of nitrogens with one attached hydrogen (secondary N) is 2. The molecule has 2 heterocycles. The molecule has 31 heavy (non-hydrogen) atoms. The second kappa shape index (κ2) is 12.1. The van der Waals surface area contributed by atoms with Crippen LogP contribution in [0.15, 0.2) is 34.6 Å². The quantitative estimate of drug-likeness (QED) is 0.353. The van der Waals surface area contributed by atoms with Gasteiger partial charge in [-0.2, -0.15) is 0 Å². The number of hydrogen-bond acceptors (Lipinski definition) is 7. The van der Waals surface area contributed by atoms with Gasteiger partial charge < -0.3 is 24.5 Å². The van der Waals surface area contributed by atoms with Crippen LogP contribution in [0.2, 0.25) is 0 Å². The molecule has 0 fully saturated rings. The van der Waals surface area contributed by atoms with Gasteiger partial charge >= 0.3 is 0 Å². The minimum absolute atomic E-state index is 0.199. The van der Waals surface area contributed by atoms with E-state index in [-0.39, 0.29) is 17.5 Å². The summed E-state index contributed by atoms with van der Waals surface area (Å²) in [6, 6.07) is 2.22. The van der Waals surface area contributed by atoms with Crippen molar-refractivity contribution in [1.82, 2.24) is 10.3 Å². The average Bonchev–Trinajstić information content (AvgIpc) is 3.23. The number of aromatic nitrogens is 1. The molecule has 1 amide bonds. The molecule has 0 spiro atoms. The Morgan fingerprint density at radius 1 is 1.39 bits per heavy atom. The van der Waals surface area contributed by atoms with E-state index < -0.39 is 11.8 Å². The number of carbonyl (C=O) groups excluding carboxylic acids is 1. The predicted octanol–water partition coefficient (Wildman–Crippen LogP) is 3.20. The van der Waals surface area contributed by atoms with Crippen LogP contribution in [-0.2, 0) is 14.3 Å². The molecule has 0 aromatic carbocycles. The van der Waals surface area contributed by atoms with Gasteiger partial charge in [0.2, 0.25) is 11.7 Å². The molecule has 1 aromatic heterocycles. The largest absolute Gasteiger partial charge is 0.489 e. The lowest BCUT2D eigenvalue weighted by molar-refractivity contribution is -0.168. The Bertz CT molecular complexity index is 833. The molecule has 2 unspecified atom stereocenters. The van der Waals surface area contributed by atoms with Gasteiger partial charge in [-0.25, -0.2) is 0 Å². The summed E-state index contributed by atoms with van der Waals surface area (Å²) in [5.74, 6) is -0.201. The summed E-state index contributed by atoms with van der Waals surface area (Å²) in [4.78, 5) is 32.5. The number of ether oxygens (including phenoxy) is 3. The molecule has 2 atom stereocenters. The standard InChI is InChI=1S/C22H33N3O5S/c1-6-10-16(17-12-15(28-11-7-2)13-19(26)23-17)24-20(27)18-14-31-21(25-18)22(5,29-8-3)30-9-4/h7,12-13,16,18H,2,6,8-11,14H2,1,3-5H3,(H,23,26)(H,24,27). The molecule has 0 radical (unpaired) electrons. The molecule has 1 aromatic rings. The molecule has 1 aliphatic heterocycles. The minimum atomic E-state index is -0.950. The minimum Gasteiger partial charge on any atom is -0.489 e. The van der Waals surface area contributed by atoms with Gasteiger partial charge in [0.25, 0.3) is 5.56 Å². The number of aromatic amines is 1. The molecule has 0 saturated heterocycles. The number of thioether (sulfide) groups is 1. The van der Waals surface area contributed by atoms with Crippen LogP contribution in [0.3, 0.4) is 0 Å². The van der Waals surface area contributed by atoms with E-state index in [9.17, 15) is 9.59 Å². The third-order valence-electron chi connectivity index (χ3n) is 4.66. The van der Waals surface area contributed by atoms with Gasteiger partial charge in [0.15, 0.2) is 0 Å². The third-order valence-corrected chi connectivity index (χ3v) is 5.89. The van der Waals surface area contributed by atoms with Crippen LogP contribution in [0.5, 0.6) is 5.75 Å². The van der Waals surface area contributed by atoms with E-state index in [4.69, 9.17) is 14.2 Å². The lowest BCUT2D eigenvalue weighted by atomic mass is 10.1. The number of nitrogens with zero attached hydrogens (tertiary/aromatic N) is 1. The Labute approximate surface area is 187 Å². The van der Waals surface area contributed by atoms with Crippen molar-refractivity contribution in [2.24, 2.45) is 4.99 Å². The first-order chi connectivity index (χ1) is 14.9. The smallest absolute Gasteiger partial charge is 0.251 e. The zero-order valence-corrected chi connectivity index (χ0v) is 19.5. The van der Waals surface area contributed by atoms with Crippen LogP contribution in [-0.4, -0.2) is 53.3 Å². The fourth-order valence-corrected chi connectivity index (χ4v) is 4.42. The fourth-order valence-electron chi connectivity index (χ4n) is 3.30. The van der Waals surface area contributed by atoms with E-state index in [1.54, 1.807) is 12.1 Å². The van der Waals surface area contributed by atoms with E-state index in [1.807, 2.05) is 27.7 Å². The summed E-state index contributed by atoms with van der Waals surface area (Å²) in [7, 11) is 0. The first kappa shape index (κ1) is 25.2. The topological polar surface area (TPSA) is 102 Å². The lowest BCUT2D eigenvalue weighted by Gasteiger charge is -2.28. The summed E-state index contributed by atoms with van der Waals surface area (Å²) >= 11 is 1.47. The maximum Gasteiger partial charge on any atom is 0.251 e. The molecule has 2 rings (SSSR count). The van der Waals surface area contributed by atoms with Gasteiger partial charge in [0.05, 0.1) is 6.04 Å². The van der Waals surface area contributed by atoms with E-state index in [1.165, 1.54) is 17.8 Å². The van der Waals surface area contributed by atoms with Gasteiger partial charge in [-0.3, -0.25) is 14.6 Å². The van der Waals surface area contributed by atoms with E-state index in [0.29, 0.717) is 48.5 Å². The molecule has 0 bridgehead atoms. The summed E-state index contributed by atoms with van der Waals surface area (Å²) in [6.45, 7) is 12.5. The highest BCUT2D eigenvalue weighted by atomic mass is 32.2. The second-order valence-corrected chi connectivity index (χ2v) is 8.17. The summed E-state index contributed by atoms with van der Waals surface area (Å²) < 4.78 is 17.0. The molecule has 1 aliphatic rings. The molecule has 0 saturated carbocycles. The Hall–Kier alpha value is -2.10. The van der Waals surface area contributed by atoms with Crippen LogP contribution in [0, 0.1) is 0 Å². The highest BCUT2D eigenvalue weighted by Gasteiger charge is 2.39. The van der Waals surface area contributed by atoms with Gasteiger partial charge in [-0.05, 0) is 27.2 Å². The van der Waals surface area contributed by atoms with Crippen molar-refractivity contribution in [3.8, 4) is 5.75 Å². The second-order valence-electron chi connectivity index (χ2n) is 7.16. The number of hydrogen-bond donors (Lipinski definition) is 2. The first-order valence-electron chi connectivity index (χ1n) is 10.6. The summed E-state index contributed by atoms with van der Waals surface area (Å²) in [5.41, 5.74) is 0.318. The van der Waals surface area contributed by atoms with E-state index >= 15 is 0 Å². The Morgan fingerprint density at radius 2 is 2.10 bits per heavy atom. The van der Waals surface area contributed by atoms with Gasteiger partial charge in [-0.15, -0.1) is 11.8 Å². The molecule has 8 nitrogen and oxygen atoms in total. The fraction of sp³-hybridized carbons (Fsp3) is 0.591. The van der Waals surface area contributed by atoms with Crippen molar-refractivity contribution in [3.63, 3.8) is 0 Å². The molecule has 0 aliphatic carbocycles. The third kappa shape index (κ3) is 6.95. The number of rotatable bonds is 13. The Kier molecular flexibility index (Phi) is 9.80. The van der Waals surface area contributed by atoms with Crippen LogP contribution in [0.25, 0.3) is 0 Å². The highest BCUT2D eigenvalue weighted by Crippen LogP contribution is 2.30. The first-order valence-corrected chi connectivity index (χ1v) is 11.6. The molecule has 9 heteroatoms. The Morgan fingerprint density at radius 3 is 2.71 bits per heavy atom. The average molecular weight is 452 g/mol. The Balaban J connectivity index is 2.18. The van der Waals surface area contributed by atoms with E-state index in [0.717, 1.165) is 6.42 Å². The summed E-state index contributed by atoms with van der Waals surface area (Å²) in [6.07, 6.45) is 3.10. The molecule has 2 N–H and O–H groups in total. The van der Waals surface area contributed by atoms with Crippen LogP contribution in [0.4, 0.5) is 0 Å². The van der Waals surface area contributed by atoms with Crippen molar-refractivity contribution in [1.29, 1.82) is 0 Å². The van der Waals surface area contributed by atoms with Crippen molar-refractivity contribution in [2.45, 2.75) is 58.4 Å². The summed E-state index contributed by atoms with van der Waals surface area (Å²) in [5, 5.41) is 3.70. The number of H-pyrrole nitrogens is 1. The van der Waals surface area contributed by atoms with Crippen LogP contribution >= 0.6 is 11.8 Å². The maximum atomic E-state index is 13.0. The van der Waals surface area contributed by atoms with Crippen LogP contribution < -0.4 is 15.6 Å². The number of pyridine rings is 1. The molecular formula is C22H33N3O5S. The monoisotopic (exact) mass is 451 g/mol. The number of amides is 1. The van der Waals surface area contributed by atoms with Crippen LogP contribution in [0.1, 0.15) is 52.3 Å². The van der Waals surface area contributed by atoms with Crippen molar-refractivity contribution < 1.29 is 19.0 Å².